The Morgan fingerprint density at radius 1 is 1.03 bits per heavy atom. The summed E-state index contributed by atoms with van der Waals surface area (Å²) >= 11 is 0. The summed E-state index contributed by atoms with van der Waals surface area (Å²) in [6, 6.07) is 13.5. The van der Waals surface area contributed by atoms with Gasteiger partial charge in [0, 0.05) is 36.5 Å². The molecular weight excluding hydrogens is 435 g/mol. The minimum atomic E-state index is -0.965. The highest BCUT2D eigenvalue weighted by molar-refractivity contribution is 5.65. The molecule has 0 saturated carbocycles. The molecule has 5 aromatic rings. The van der Waals surface area contributed by atoms with Crippen LogP contribution in [0.25, 0.3) is 16.9 Å². The van der Waals surface area contributed by atoms with E-state index in [1.807, 2.05) is 45.2 Å². The second-order valence-corrected chi connectivity index (χ2v) is 8.56. The summed E-state index contributed by atoms with van der Waals surface area (Å²) in [6.07, 6.45) is 4.21. The Hall–Kier alpha value is -4.18. The molecule has 0 saturated heterocycles. The molecule has 0 aliphatic rings. The molecule has 0 amide bonds. The number of nitrogens with zero attached hydrogens (tertiary/aromatic N) is 7. The number of aryl methyl sites for hydroxylation is 1. The van der Waals surface area contributed by atoms with Crippen molar-refractivity contribution in [2.45, 2.75) is 25.4 Å². The zero-order valence-corrected chi connectivity index (χ0v) is 18.9. The van der Waals surface area contributed by atoms with Crippen LogP contribution in [0.5, 0.6) is 0 Å². The summed E-state index contributed by atoms with van der Waals surface area (Å²) in [7, 11) is 1.83. The first-order chi connectivity index (χ1) is 16.3. The highest BCUT2D eigenvalue weighted by Crippen LogP contribution is 2.36. The zero-order chi connectivity index (χ0) is 23.9. The van der Waals surface area contributed by atoms with Gasteiger partial charge in [-0.15, -0.1) is 10.2 Å². The molecule has 4 aromatic heterocycles. The minimum Gasteiger partial charge on any atom is -0.384 e. The summed E-state index contributed by atoms with van der Waals surface area (Å²) in [6.45, 7) is 3.77. The van der Waals surface area contributed by atoms with Crippen LogP contribution in [-0.4, -0.2) is 39.5 Å². The molecular formula is C24H23FN8O. The van der Waals surface area contributed by atoms with Crippen molar-refractivity contribution >= 4 is 17.4 Å². The molecule has 2 N–H and O–H groups in total. The van der Waals surface area contributed by atoms with Crippen molar-refractivity contribution in [3.8, 4) is 11.3 Å². The van der Waals surface area contributed by atoms with Gasteiger partial charge in [-0.05, 0) is 35.9 Å². The van der Waals surface area contributed by atoms with E-state index < -0.39 is 11.5 Å². The number of benzene rings is 1. The summed E-state index contributed by atoms with van der Waals surface area (Å²) in [4.78, 5) is 8.87. The smallest absolute Gasteiger partial charge is 0.228 e. The van der Waals surface area contributed by atoms with E-state index in [9.17, 15) is 9.50 Å². The van der Waals surface area contributed by atoms with Gasteiger partial charge in [0.05, 0.1) is 11.9 Å². The van der Waals surface area contributed by atoms with Crippen LogP contribution in [0.3, 0.4) is 0 Å². The van der Waals surface area contributed by atoms with E-state index in [0.717, 1.165) is 16.9 Å². The third-order valence-electron chi connectivity index (χ3n) is 5.96. The van der Waals surface area contributed by atoms with Crippen LogP contribution in [0.15, 0.2) is 67.1 Å². The van der Waals surface area contributed by atoms with Gasteiger partial charge in [-0.1, -0.05) is 26.0 Å². The Morgan fingerprint density at radius 3 is 2.56 bits per heavy atom. The quantitative estimate of drug-likeness (QED) is 0.398. The molecule has 34 heavy (non-hydrogen) atoms. The fourth-order valence-corrected chi connectivity index (χ4v) is 3.81. The molecule has 0 aliphatic carbocycles. The molecule has 1 atom stereocenters. The molecule has 5 rings (SSSR count). The van der Waals surface area contributed by atoms with Gasteiger partial charge in [-0.25, -0.2) is 14.4 Å². The second-order valence-electron chi connectivity index (χ2n) is 8.56. The number of rotatable bonds is 6. The van der Waals surface area contributed by atoms with Crippen molar-refractivity contribution < 1.29 is 9.50 Å². The van der Waals surface area contributed by atoms with Gasteiger partial charge in [0.1, 0.15) is 17.7 Å². The van der Waals surface area contributed by atoms with Gasteiger partial charge in [-0.3, -0.25) is 9.08 Å². The van der Waals surface area contributed by atoms with Crippen LogP contribution in [0.1, 0.15) is 31.3 Å². The second kappa shape index (κ2) is 8.31. The van der Waals surface area contributed by atoms with Gasteiger partial charge in [-0.2, -0.15) is 5.10 Å². The fraction of sp³-hybridized carbons (Fsp3) is 0.208. The lowest BCUT2D eigenvalue weighted by Gasteiger charge is -2.30. The third-order valence-corrected chi connectivity index (χ3v) is 5.96. The van der Waals surface area contributed by atoms with Crippen LogP contribution in [0.4, 0.5) is 16.2 Å². The maximum Gasteiger partial charge on any atom is 0.228 e. The van der Waals surface area contributed by atoms with E-state index in [1.54, 1.807) is 39.8 Å². The minimum absolute atomic E-state index is 0.321. The summed E-state index contributed by atoms with van der Waals surface area (Å²) in [5.41, 5.74) is 2.19. The number of hydrogen-bond donors (Lipinski definition) is 2. The first kappa shape index (κ1) is 21.7. The Labute approximate surface area is 195 Å². The summed E-state index contributed by atoms with van der Waals surface area (Å²) < 4.78 is 16.8. The number of hydrogen-bond acceptors (Lipinski definition) is 7. The van der Waals surface area contributed by atoms with Crippen LogP contribution < -0.4 is 5.32 Å². The van der Waals surface area contributed by atoms with Crippen LogP contribution in [-0.2, 0) is 12.5 Å². The molecule has 0 aliphatic heterocycles. The topological polar surface area (TPSA) is 106 Å². The number of pyridine rings is 1. The van der Waals surface area contributed by atoms with Gasteiger partial charge in [0.2, 0.25) is 5.95 Å². The van der Waals surface area contributed by atoms with Crippen LogP contribution in [0.2, 0.25) is 0 Å². The molecule has 0 fully saturated rings. The van der Waals surface area contributed by atoms with Crippen molar-refractivity contribution in [1.82, 2.24) is 34.3 Å². The van der Waals surface area contributed by atoms with Crippen molar-refractivity contribution in [1.29, 1.82) is 0 Å². The van der Waals surface area contributed by atoms with Crippen LogP contribution >= 0.6 is 0 Å². The number of aliphatic hydroxyl groups excluding tert-OH is 1. The number of fused-ring (bicyclic) bond motifs is 1. The van der Waals surface area contributed by atoms with E-state index in [0.29, 0.717) is 23.1 Å². The van der Waals surface area contributed by atoms with E-state index in [-0.39, 0.29) is 5.82 Å². The van der Waals surface area contributed by atoms with Gasteiger partial charge in [0.15, 0.2) is 11.5 Å². The lowest BCUT2D eigenvalue weighted by Crippen LogP contribution is -2.28. The highest BCUT2D eigenvalue weighted by Gasteiger charge is 2.34. The molecule has 0 radical (unpaired) electrons. The maximum atomic E-state index is 13.4. The normalized spacial score (nSPS) is 12.7. The number of aliphatic hydroxyl groups is 1. The maximum absolute atomic E-state index is 13.4. The zero-order valence-electron chi connectivity index (χ0n) is 18.9. The lowest BCUT2D eigenvalue weighted by atomic mass is 9.79. The monoisotopic (exact) mass is 458 g/mol. The molecule has 10 heteroatoms. The number of nitrogens with one attached hydrogen (secondary N) is 1. The van der Waals surface area contributed by atoms with E-state index in [1.165, 1.54) is 12.1 Å². The van der Waals surface area contributed by atoms with Gasteiger partial charge >= 0.3 is 0 Å². The van der Waals surface area contributed by atoms with E-state index >= 15 is 0 Å². The van der Waals surface area contributed by atoms with Gasteiger partial charge < -0.3 is 10.4 Å². The van der Waals surface area contributed by atoms with E-state index in [2.05, 4.69) is 30.6 Å². The first-order valence-electron chi connectivity index (χ1n) is 10.7. The molecule has 4 heterocycles. The molecule has 1 aromatic carbocycles. The largest absolute Gasteiger partial charge is 0.384 e. The molecule has 0 bridgehead atoms. The summed E-state index contributed by atoms with van der Waals surface area (Å²) in [5.74, 6) is 1.29. The Kier molecular flexibility index (Phi) is 5.29. The van der Waals surface area contributed by atoms with Crippen molar-refractivity contribution in [3.63, 3.8) is 0 Å². The Morgan fingerprint density at radius 2 is 1.82 bits per heavy atom. The predicted octanol–water partition coefficient (Wildman–Crippen LogP) is 3.81. The molecule has 9 nitrogen and oxygen atoms in total. The predicted molar refractivity (Wildman–Crippen MR) is 125 cm³/mol. The Bertz CT molecular complexity index is 1460. The van der Waals surface area contributed by atoms with Crippen molar-refractivity contribution in [2.24, 2.45) is 7.05 Å². The Balaban J connectivity index is 1.44. The summed E-state index contributed by atoms with van der Waals surface area (Å²) in [5, 5.41) is 27.0. The average Bonchev–Trinajstić information content (AvgIpc) is 3.44. The number of aromatic nitrogens is 7. The highest BCUT2D eigenvalue weighted by atomic mass is 19.1. The van der Waals surface area contributed by atoms with Crippen molar-refractivity contribution in [2.75, 3.05) is 5.32 Å². The average molecular weight is 459 g/mol. The third kappa shape index (κ3) is 3.88. The first-order valence-corrected chi connectivity index (χ1v) is 10.7. The van der Waals surface area contributed by atoms with Gasteiger partial charge in [0.25, 0.3) is 0 Å². The molecule has 1 unspecified atom stereocenters. The molecule has 172 valence electrons. The van der Waals surface area contributed by atoms with Crippen LogP contribution in [0, 0.1) is 5.82 Å². The lowest BCUT2D eigenvalue weighted by molar-refractivity contribution is 0.0906. The molecule has 0 spiro atoms. The number of anilines is 2. The SMILES string of the molecule is Cn1nccc1Nc1nccc(-c2ccn3c(C(O)C(C)(C)c4ccc(F)cc4)nnc3c2)n1. The fourth-order valence-electron chi connectivity index (χ4n) is 3.81. The standard InChI is InChI=1S/C24H23FN8O/c1-24(2,16-4-6-17(25)7-5-16)21(34)22-31-30-20-14-15(10-13-33(20)22)18-8-11-26-23(28-18)29-19-9-12-27-32(19)3/h4-14,21,34H,1-3H3,(H,26,28,29). The van der Waals surface area contributed by atoms with Crippen molar-refractivity contribution in [3.05, 3.63) is 84.3 Å². The number of halogens is 1. The van der Waals surface area contributed by atoms with E-state index in [4.69, 9.17) is 0 Å².